The maximum atomic E-state index is 10.3. The Morgan fingerprint density at radius 2 is 2.06 bits per heavy atom. The summed E-state index contributed by atoms with van der Waals surface area (Å²) in [5, 5.41) is 17.6. The number of allylic oxidation sites excluding steroid dienone is 2. The summed E-state index contributed by atoms with van der Waals surface area (Å²) >= 11 is 1.92. The number of carboxylic acids is 1. The molecule has 0 aromatic heterocycles. The van der Waals surface area contributed by atoms with E-state index in [9.17, 15) is 4.79 Å². The topological polar surface area (TPSA) is 57.5 Å². The van der Waals surface area contributed by atoms with E-state index in [-0.39, 0.29) is 6.42 Å². The number of aliphatic hydroxyl groups excluding tert-OH is 1. The van der Waals surface area contributed by atoms with Gasteiger partial charge in [-0.05, 0) is 42.6 Å². The highest BCUT2D eigenvalue weighted by atomic mass is 32.2. The van der Waals surface area contributed by atoms with E-state index in [1.54, 1.807) is 0 Å². The second-order valence-corrected chi connectivity index (χ2v) is 5.31. The fraction of sp³-hybridized carbons (Fsp3) is 0.750. The van der Waals surface area contributed by atoms with Gasteiger partial charge in [0, 0.05) is 13.0 Å². The van der Waals surface area contributed by atoms with Crippen LogP contribution < -0.4 is 0 Å². The SMILES string of the molecule is O=C(O)CCCC=CC[C@H]1CSC[C@H]1CO. The molecule has 1 rings (SSSR count). The maximum absolute atomic E-state index is 10.3. The standard InChI is InChI=1S/C12H20O3S/c13-7-11-9-16-8-10(11)5-3-1-2-4-6-12(14)15/h1,3,10-11,13H,2,4-9H2,(H,14,15)/t10-,11+/m0/s1. The molecule has 1 heterocycles. The largest absolute Gasteiger partial charge is 0.481 e. The lowest BCUT2D eigenvalue weighted by Gasteiger charge is -2.13. The third-order valence-corrected chi connectivity index (χ3v) is 4.26. The van der Waals surface area contributed by atoms with E-state index in [4.69, 9.17) is 10.2 Å². The molecule has 92 valence electrons. The second kappa shape index (κ2) is 7.74. The Labute approximate surface area is 101 Å². The zero-order chi connectivity index (χ0) is 11.8. The minimum atomic E-state index is -0.721. The molecule has 0 spiro atoms. The summed E-state index contributed by atoms with van der Waals surface area (Å²) in [6.07, 6.45) is 7.04. The summed E-state index contributed by atoms with van der Waals surface area (Å²) in [4.78, 5) is 10.3. The lowest BCUT2D eigenvalue weighted by atomic mass is 9.93. The van der Waals surface area contributed by atoms with Crippen LogP contribution in [-0.4, -0.2) is 34.3 Å². The Hall–Kier alpha value is -0.480. The van der Waals surface area contributed by atoms with Gasteiger partial charge in [0.15, 0.2) is 0 Å². The quantitative estimate of drug-likeness (QED) is 0.532. The first-order valence-corrected chi connectivity index (χ1v) is 6.95. The Morgan fingerprint density at radius 1 is 1.31 bits per heavy atom. The van der Waals surface area contributed by atoms with Crippen LogP contribution in [0.5, 0.6) is 0 Å². The summed E-state index contributed by atoms with van der Waals surface area (Å²) in [5.41, 5.74) is 0. The minimum absolute atomic E-state index is 0.253. The Kier molecular flexibility index (Phi) is 6.57. The summed E-state index contributed by atoms with van der Waals surface area (Å²) in [6.45, 7) is 0.296. The molecule has 0 radical (unpaired) electrons. The number of rotatable bonds is 7. The van der Waals surface area contributed by atoms with Gasteiger partial charge in [-0.15, -0.1) is 0 Å². The number of unbranched alkanes of at least 4 members (excludes halogenated alkanes) is 1. The van der Waals surface area contributed by atoms with Crippen LogP contribution in [0, 0.1) is 11.8 Å². The number of carbonyl (C=O) groups is 1. The van der Waals surface area contributed by atoms with Gasteiger partial charge in [0.25, 0.3) is 0 Å². The van der Waals surface area contributed by atoms with Crippen molar-refractivity contribution in [2.24, 2.45) is 11.8 Å². The van der Waals surface area contributed by atoms with Crippen LogP contribution >= 0.6 is 11.8 Å². The zero-order valence-corrected chi connectivity index (χ0v) is 10.3. The first-order valence-electron chi connectivity index (χ1n) is 5.79. The van der Waals surface area contributed by atoms with Crippen molar-refractivity contribution < 1.29 is 15.0 Å². The van der Waals surface area contributed by atoms with E-state index >= 15 is 0 Å². The molecule has 16 heavy (non-hydrogen) atoms. The molecule has 0 aliphatic carbocycles. The van der Waals surface area contributed by atoms with Crippen LogP contribution in [-0.2, 0) is 4.79 Å². The van der Waals surface area contributed by atoms with Gasteiger partial charge >= 0.3 is 5.97 Å². The van der Waals surface area contributed by atoms with Gasteiger partial charge in [-0.1, -0.05) is 12.2 Å². The van der Waals surface area contributed by atoms with Gasteiger partial charge in [-0.25, -0.2) is 0 Å². The van der Waals surface area contributed by atoms with Crippen LogP contribution in [0.1, 0.15) is 25.7 Å². The highest BCUT2D eigenvalue weighted by molar-refractivity contribution is 7.99. The highest BCUT2D eigenvalue weighted by Gasteiger charge is 2.25. The van der Waals surface area contributed by atoms with Crippen LogP contribution in [0.15, 0.2) is 12.2 Å². The Balaban J connectivity index is 2.09. The van der Waals surface area contributed by atoms with Crippen LogP contribution in [0.25, 0.3) is 0 Å². The predicted octanol–water partition coefficient (Wildman–Crippen LogP) is 2.16. The lowest BCUT2D eigenvalue weighted by molar-refractivity contribution is -0.137. The molecule has 0 aromatic carbocycles. The van der Waals surface area contributed by atoms with Crippen molar-refractivity contribution >= 4 is 17.7 Å². The number of thioether (sulfide) groups is 1. The number of aliphatic hydroxyl groups is 1. The maximum Gasteiger partial charge on any atom is 0.303 e. The van der Waals surface area contributed by atoms with Crippen LogP contribution in [0.2, 0.25) is 0 Å². The van der Waals surface area contributed by atoms with Crippen LogP contribution in [0.4, 0.5) is 0 Å². The van der Waals surface area contributed by atoms with Crippen molar-refractivity contribution in [2.45, 2.75) is 25.7 Å². The average Bonchev–Trinajstić information content (AvgIpc) is 2.70. The molecule has 4 heteroatoms. The molecule has 2 N–H and O–H groups in total. The summed E-state index contributed by atoms with van der Waals surface area (Å²) < 4.78 is 0. The van der Waals surface area contributed by atoms with E-state index in [1.807, 2.05) is 11.8 Å². The van der Waals surface area contributed by atoms with E-state index in [1.165, 1.54) is 0 Å². The number of hydrogen-bond acceptors (Lipinski definition) is 3. The molecule has 1 aliphatic rings. The van der Waals surface area contributed by atoms with Gasteiger partial charge in [0.05, 0.1) is 0 Å². The average molecular weight is 244 g/mol. The summed E-state index contributed by atoms with van der Waals surface area (Å²) in [6, 6.07) is 0. The van der Waals surface area contributed by atoms with E-state index in [0.717, 1.165) is 24.3 Å². The van der Waals surface area contributed by atoms with Crippen molar-refractivity contribution in [3.8, 4) is 0 Å². The van der Waals surface area contributed by atoms with Crippen molar-refractivity contribution in [3.63, 3.8) is 0 Å². The van der Waals surface area contributed by atoms with E-state index in [0.29, 0.717) is 24.9 Å². The zero-order valence-electron chi connectivity index (χ0n) is 9.47. The van der Waals surface area contributed by atoms with E-state index in [2.05, 4.69) is 12.2 Å². The third kappa shape index (κ3) is 5.03. The third-order valence-electron chi connectivity index (χ3n) is 2.93. The van der Waals surface area contributed by atoms with Gasteiger partial charge in [-0.2, -0.15) is 11.8 Å². The predicted molar refractivity (Wildman–Crippen MR) is 66.6 cm³/mol. The molecule has 0 bridgehead atoms. The molecule has 0 unspecified atom stereocenters. The molecular weight excluding hydrogens is 224 g/mol. The number of carboxylic acid groups (broad SMARTS) is 1. The molecule has 1 saturated heterocycles. The van der Waals surface area contributed by atoms with Crippen molar-refractivity contribution in [1.82, 2.24) is 0 Å². The first-order chi connectivity index (χ1) is 7.74. The fourth-order valence-electron chi connectivity index (χ4n) is 1.87. The minimum Gasteiger partial charge on any atom is -0.481 e. The van der Waals surface area contributed by atoms with Gasteiger partial charge in [-0.3, -0.25) is 4.79 Å². The van der Waals surface area contributed by atoms with Crippen molar-refractivity contribution in [1.29, 1.82) is 0 Å². The monoisotopic (exact) mass is 244 g/mol. The summed E-state index contributed by atoms with van der Waals surface area (Å²) in [5.74, 6) is 2.55. The molecule has 0 aromatic rings. The molecule has 1 aliphatic heterocycles. The van der Waals surface area contributed by atoms with Gasteiger partial charge in [0.1, 0.15) is 0 Å². The molecular formula is C12H20O3S. The van der Waals surface area contributed by atoms with Crippen molar-refractivity contribution in [2.75, 3.05) is 18.1 Å². The molecule has 2 atom stereocenters. The summed E-state index contributed by atoms with van der Waals surface area (Å²) in [7, 11) is 0. The fourth-order valence-corrected chi connectivity index (χ4v) is 3.39. The smallest absolute Gasteiger partial charge is 0.303 e. The molecule has 0 amide bonds. The normalized spacial score (nSPS) is 25.3. The Morgan fingerprint density at radius 3 is 2.75 bits per heavy atom. The first kappa shape index (κ1) is 13.6. The van der Waals surface area contributed by atoms with Crippen LogP contribution in [0.3, 0.4) is 0 Å². The van der Waals surface area contributed by atoms with Crippen molar-refractivity contribution in [3.05, 3.63) is 12.2 Å². The number of aliphatic carboxylic acids is 1. The molecule has 0 saturated carbocycles. The number of hydrogen-bond donors (Lipinski definition) is 2. The van der Waals surface area contributed by atoms with Gasteiger partial charge < -0.3 is 10.2 Å². The Bertz CT molecular complexity index is 240. The molecule has 3 nitrogen and oxygen atoms in total. The molecule has 1 fully saturated rings. The highest BCUT2D eigenvalue weighted by Crippen LogP contribution is 2.32. The van der Waals surface area contributed by atoms with Gasteiger partial charge in [0.2, 0.25) is 0 Å². The lowest BCUT2D eigenvalue weighted by Crippen LogP contribution is -2.15. The second-order valence-electron chi connectivity index (χ2n) is 4.23. The van der Waals surface area contributed by atoms with E-state index < -0.39 is 5.97 Å².